The zero-order chi connectivity index (χ0) is 18.9. The minimum absolute atomic E-state index is 0.184. The third kappa shape index (κ3) is 3.35. The Morgan fingerprint density at radius 2 is 2.00 bits per heavy atom. The number of fused-ring (bicyclic) bond motifs is 3. The third-order valence-corrected chi connectivity index (χ3v) is 8.11. The highest BCUT2D eigenvalue weighted by Gasteiger charge is 2.42. The molecule has 26 heavy (non-hydrogen) atoms. The summed E-state index contributed by atoms with van der Waals surface area (Å²) in [5.74, 6) is 1.00. The quantitative estimate of drug-likeness (QED) is 0.301. The smallest absolute Gasteiger partial charge is 0.227 e. The van der Waals surface area contributed by atoms with E-state index in [1.807, 2.05) is 30.0 Å². The van der Waals surface area contributed by atoms with Crippen molar-refractivity contribution >= 4 is 44.5 Å². The lowest BCUT2D eigenvalue weighted by Crippen LogP contribution is -2.47. The molecule has 0 unspecified atom stereocenters. The topological polar surface area (TPSA) is 29.5 Å². The van der Waals surface area contributed by atoms with Gasteiger partial charge in [0.1, 0.15) is 9.57 Å². The van der Waals surface area contributed by atoms with Crippen molar-refractivity contribution in [3.63, 3.8) is 0 Å². The number of carbonyl (C=O) groups excluding carboxylic acids is 1. The fourth-order valence-corrected chi connectivity index (χ4v) is 6.83. The first kappa shape index (κ1) is 19.5. The number of hydrogen-bond donors (Lipinski definition) is 0. The van der Waals surface area contributed by atoms with Gasteiger partial charge in [0.2, 0.25) is 5.91 Å². The maximum absolute atomic E-state index is 13.2. The van der Waals surface area contributed by atoms with Gasteiger partial charge >= 0.3 is 0 Å². The van der Waals surface area contributed by atoms with Crippen molar-refractivity contribution < 1.29 is 9.53 Å². The summed E-state index contributed by atoms with van der Waals surface area (Å²) in [5, 5.41) is 0. The molecular formula is C20H25NO2S3. The second kappa shape index (κ2) is 7.79. The first-order chi connectivity index (χ1) is 12.4. The van der Waals surface area contributed by atoms with E-state index in [0.717, 1.165) is 45.7 Å². The molecule has 2 aromatic rings. The van der Waals surface area contributed by atoms with E-state index in [-0.39, 0.29) is 5.91 Å². The van der Waals surface area contributed by atoms with Gasteiger partial charge in [0.25, 0.3) is 0 Å². The highest BCUT2D eigenvalue weighted by atomic mass is 32.9. The molecule has 1 aromatic carbocycles. The van der Waals surface area contributed by atoms with Gasteiger partial charge in [-0.15, -0.1) is 0 Å². The average molecular weight is 408 g/mol. The zero-order valence-electron chi connectivity index (χ0n) is 15.8. The van der Waals surface area contributed by atoms with Crippen LogP contribution in [0.5, 0.6) is 5.75 Å². The van der Waals surface area contributed by atoms with Crippen molar-refractivity contribution in [2.45, 2.75) is 58.9 Å². The van der Waals surface area contributed by atoms with Crippen molar-refractivity contribution in [1.29, 1.82) is 0 Å². The van der Waals surface area contributed by atoms with E-state index < -0.39 is 5.54 Å². The minimum atomic E-state index is -0.392. The van der Waals surface area contributed by atoms with Gasteiger partial charge in [0.05, 0.1) is 22.7 Å². The number of carbonyl (C=O) groups is 1. The predicted molar refractivity (Wildman–Crippen MR) is 114 cm³/mol. The summed E-state index contributed by atoms with van der Waals surface area (Å²) in [5.41, 5.74) is 2.69. The van der Waals surface area contributed by atoms with Crippen LogP contribution < -0.4 is 9.64 Å². The molecule has 0 fully saturated rings. The molecule has 0 spiro atoms. The molecule has 0 saturated heterocycles. The Bertz CT molecular complexity index is 866. The highest BCUT2D eigenvalue weighted by molar-refractivity contribution is 7.80. The van der Waals surface area contributed by atoms with Crippen molar-refractivity contribution in [2.75, 3.05) is 11.5 Å². The van der Waals surface area contributed by atoms with Gasteiger partial charge in [-0.25, -0.2) is 0 Å². The van der Waals surface area contributed by atoms with E-state index in [0.29, 0.717) is 13.0 Å². The van der Waals surface area contributed by atoms with Gasteiger partial charge < -0.3 is 9.64 Å². The summed E-state index contributed by atoms with van der Waals surface area (Å²) >= 11 is 5.63. The largest absolute Gasteiger partial charge is 0.494 e. The first-order valence-corrected chi connectivity index (χ1v) is 11.7. The van der Waals surface area contributed by atoms with E-state index >= 15 is 0 Å². The van der Waals surface area contributed by atoms with Crippen LogP contribution in [0.1, 0.15) is 58.3 Å². The Balaban J connectivity index is 2.13. The Morgan fingerprint density at radius 3 is 2.69 bits per heavy atom. The van der Waals surface area contributed by atoms with Crippen LogP contribution in [0.25, 0.3) is 11.1 Å². The minimum Gasteiger partial charge on any atom is -0.494 e. The summed E-state index contributed by atoms with van der Waals surface area (Å²) in [6, 6.07) is 6.00. The molecule has 0 radical (unpaired) electrons. The van der Waals surface area contributed by atoms with Crippen LogP contribution >= 0.6 is 32.9 Å². The lowest BCUT2D eigenvalue weighted by Gasteiger charge is -2.43. The lowest BCUT2D eigenvalue weighted by molar-refractivity contribution is -0.119. The maximum atomic E-state index is 13.2. The van der Waals surface area contributed by atoms with Gasteiger partial charge in [0, 0.05) is 17.5 Å². The highest BCUT2D eigenvalue weighted by Crippen LogP contribution is 2.53. The van der Waals surface area contributed by atoms with E-state index in [1.54, 1.807) is 20.7 Å². The monoisotopic (exact) mass is 407 g/mol. The Hall–Kier alpha value is -1.24. The first-order valence-electron chi connectivity index (χ1n) is 9.15. The van der Waals surface area contributed by atoms with Gasteiger partial charge in [-0.05, 0) is 45.4 Å². The summed E-state index contributed by atoms with van der Waals surface area (Å²) in [7, 11) is 3.31. The molecule has 0 N–H and O–H groups in total. The van der Waals surface area contributed by atoms with Gasteiger partial charge in [0.15, 0.2) is 0 Å². The van der Waals surface area contributed by atoms with Crippen LogP contribution in [0, 0.1) is 3.82 Å². The summed E-state index contributed by atoms with van der Waals surface area (Å²) in [4.78, 5) is 16.3. The van der Waals surface area contributed by atoms with E-state index in [9.17, 15) is 4.79 Å². The number of unbranched alkanes of at least 4 members (excludes halogenated alkanes) is 2. The van der Waals surface area contributed by atoms with Crippen molar-refractivity contribution in [1.82, 2.24) is 0 Å². The molecule has 1 aliphatic heterocycles. The van der Waals surface area contributed by atoms with Gasteiger partial charge in [-0.2, -0.15) is 0 Å². The molecule has 3 nitrogen and oxygen atoms in total. The standard InChI is InChI=1S/C20H25NO2S3/c1-5-7-8-9-16(22)21-15-11-10-13(23-6-2)12-14(15)17-18(20(21,3)4)25-26-19(17)24/h10-12H,5-9H2,1-4H3. The summed E-state index contributed by atoms with van der Waals surface area (Å²) in [6.07, 6.45) is 3.70. The molecule has 1 aromatic heterocycles. The normalized spacial score (nSPS) is 14.7. The predicted octanol–water partition coefficient (Wildman–Crippen LogP) is 6.77. The molecule has 0 bridgehead atoms. The van der Waals surface area contributed by atoms with E-state index in [2.05, 4.69) is 20.8 Å². The molecule has 0 saturated carbocycles. The van der Waals surface area contributed by atoms with Crippen LogP contribution in [0.15, 0.2) is 18.2 Å². The SMILES string of the molecule is CCCCCC(=O)N1c2ccc(OCC)cc2-c2c(ssc2=S)C1(C)C. The number of ether oxygens (including phenoxy) is 1. The maximum Gasteiger partial charge on any atom is 0.227 e. The van der Waals surface area contributed by atoms with Gasteiger partial charge in [-0.1, -0.05) is 52.7 Å². The number of anilines is 1. The van der Waals surface area contributed by atoms with Crippen molar-refractivity contribution in [3.8, 4) is 16.9 Å². The fraction of sp³-hybridized carbons (Fsp3) is 0.500. The van der Waals surface area contributed by atoms with Crippen LogP contribution in [0.3, 0.4) is 0 Å². The Kier molecular flexibility index (Phi) is 5.85. The number of benzene rings is 1. The second-order valence-corrected chi connectivity index (χ2v) is 9.83. The van der Waals surface area contributed by atoms with E-state index in [4.69, 9.17) is 17.0 Å². The van der Waals surface area contributed by atoms with Crippen LogP contribution in [0.4, 0.5) is 5.69 Å². The molecule has 0 atom stereocenters. The Labute approximate surface area is 168 Å². The average Bonchev–Trinajstić information content (AvgIpc) is 2.99. The molecule has 2 heterocycles. The zero-order valence-corrected chi connectivity index (χ0v) is 18.2. The molecule has 0 aliphatic carbocycles. The van der Waals surface area contributed by atoms with Crippen LogP contribution in [0.2, 0.25) is 0 Å². The molecule has 6 heteroatoms. The molecule has 3 rings (SSSR count). The Morgan fingerprint density at radius 1 is 1.23 bits per heavy atom. The number of hydrogen-bond acceptors (Lipinski definition) is 5. The molecular weight excluding hydrogens is 382 g/mol. The van der Waals surface area contributed by atoms with Crippen molar-refractivity contribution in [2.24, 2.45) is 0 Å². The van der Waals surface area contributed by atoms with Crippen LogP contribution in [-0.2, 0) is 10.3 Å². The second-order valence-electron chi connectivity index (χ2n) is 7.02. The molecule has 1 aliphatic rings. The number of rotatable bonds is 6. The lowest BCUT2D eigenvalue weighted by atomic mass is 9.87. The van der Waals surface area contributed by atoms with Gasteiger partial charge in [-0.3, -0.25) is 4.79 Å². The fourth-order valence-electron chi connectivity index (χ4n) is 3.55. The third-order valence-electron chi connectivity index (χ3n) is 4.78. The van der Waals surface area contributed by atoms with Crippen LogP contribution in [-0.4, -0.2) is 12.5 Å². The number of nitrogens with zero attached hydrogens (tertiary/aromatic N) is 1. The number of amides is 1. The molecule has 1 amide bonds. The van der Waals surface area contributed by atoms with E-state index in [1.165, 1.54) is 4.88 Å². The molecule has 140 valence electrons. The summed E-state index contributed by atoms with van der Waals surface area (Å²) in [6.45, 7) is 9.00. The van der Waals surface area contributed by atoms with Crippen molar-refractivity contribution in [3.05, 3.63) is 26.9 Å². The summed E-state index contributed by atoms with van der Waals surface area (Å²) < 4.78 is 6.59.